The van der Waals surface area contributed by atoms with E-state index in [0.29, 0.717) is 11.4 Å². The van der Waals surface area contributed by atoms with Gasteiger partial charge in [-0.25, -0.2) is 0 Å². The largest absolute Gasteiger partial charge is 0.487 e. The predicted molar refractivity (Wildman–Crippen MR) is 75.9 cm³/mol. The highest BCUT2D eigenvalue weighted by Gasteiger charge is 2.16. The van der Waals surface area contributed by atoms with E-state index in [1.54, 1.807) is 0 Å². The Balaban J connectivity index is 2.59. The molecular weight excluding hydrogens is 282 g/mol. The van der Waals surface area contributed by atoms with Crippen molar-refractivity contribution in [3.63, 3.8) is 0 Å². The molecule has 0 heterocycles. The minimum absolute atomic E-state index is 0.120. The fraction of sp³-hybridized carbons (Fsp3) is 0.462. The maximum Gasteiger partial charge on any atom is 0.311 e. The molecule has 1 aromatic carbocycles. The highest BCUT2D eigenvalue weighted by atomic mass is 35.5. The van der Waals surface area contributed by atoms with Gasteiger partial charge in [-0.3, -0.25) is 10.1 Å². The molecule has 108 valence electrons. The van der Waals surface area contributed by atoms with Gasteiger partial charge in [0, 0.05) is 23.6 Å². The van der Waals surface area contributed by atoms with Crippen molar-refractivity contribution < 1.29 is 9.66 Å². The molecule has 0 saturated carbocycles. The second-order valence-electron chi connectivity index (χ2n) is 4.14. The first-order valence-electron chi connectivity index (χ1n) is 6.28. The van der Waals surface area contributed by atoms with Crippen LogP contribution in [0.15, 0.2) is 18.2 Å². The lowest BCUT2D eigenvalue weighted by Crippen LogP contribution is -2.29. The molecule has 1 aromatic rings. The molecule has 20 heavy (non-hydrogen) atoms. The lowest BCUT2D eigenvalue weighted by atomic mass is 10.2. The highest BCUT2D eigenvalue weighted by Crippen LogP contribution is 2.29. The second-order valence-corrected chi connectivity index (χ2v) is 4.58. The van der Waals surface area contributed by atoms with Crippen molar-refractivity contribution in [1.29, 1.82) is 5.26 Å². The van der Waals surface area contributed by atoms with Gasteiger partial charge < -0.3 is 10.1 Å². The Labute approximate surface area is 122 Å². The molecule has 0 aliphatic rings. The van der Waals surface area contributed by atoms with E-state index in [1.807, 2.05) is 6.92 Å². The van der Waals surface area contributed by atoms with Gasteiger partial charge in [0.25, 0.3) is 0 Å². The number of hydrogen-bond donors (Lipinski definition) is 1. The van der Waals surface area contributed by atoms with E-state index in [2.05, 4.69) is 11.4 Å². The van der Waals surface area contributed by atoms with Crippen molar-refractivity contribution in [2.75, 3.05) is 13.2 Å². The van der Waals surface area contributed by atoms with E-state index in [1.165, 1.54) is 18.2 Å². The summed E-state index contributed by atoms with van der Waals surface area (Å²) in [6.45, 7) is 2.96. The zero-order chi connectivity index (χ0) is 15.0. The summed E-state index contributed by atoms with van der Waals surface area (Å²) in [7, 11) is 0. The molecule has 0 saturated heterocycles. The van der Waals surface area contributed by atoms with Crippen LogP contribution in [-0.2, 0) is 0 Å². The van der Waals surface area contributed by atoms with Gasteiger partial charge in [-0.05, 0) is 19.0 Å². The summed E-state index contributed by atoms with van der Waals surface area (Å²) in [6, 6.07) is 5.94. The van der Waals surface area contributed by atoms with Crippen molar-refractivity contribution >= 4 is 17.3 Å². The number of rotatable bonds is 8. The number of halogens is 1. The zero-order valence-electron chi connectivity index (χ0n) is 11.1. The molecule has 1 rings (SSSR count). The summed E-state index contributed by atoms with van der Waals surface area (Å²) in [4.78, 5) is 10.3. The fourth-order valence-electron chi connectivity index (χ4n) is 1.57. The molecule has 0 bridgehead atoms. The number of ether oxygens (including phenoxy) is 1. The molecule has 0 amide bonds. The van der Waals surface area contributed by atoms with Crippen molar-refractivity contribution in [2.24, 2.45) is 0 Å². The van der Waals surface area contributed by atoms with Crippen molar-refractivity contribution in [3.05, 3.63) is 33.3 Å². The normalized spacial score (nSPS) is 11.7. The van der Waals surface area contributed by atoms with Gasteiger partial charge in [0.2, 0.25) is 0 Å². The molecule has 0 radical (unpaired) electrons. The third-order valence-corrected chi connectivity index (χ3v) is 2.81. The fourth-order valence-corrected chi connectivity index (χ4v) is 1.73. The molecule has 0 aliphatic heterocycles. The monoisotopic (exact) mass is 297 g/mol. The van der Waals surface area contributed by atoms with E-state index in [0.717, 1.165) is 13.0 Å². The number of hydrogen-bond acceptors (Lipinski definition) is 5. The van der Waals surface area contributed by atoms with Crippen LogP contribution >= 0.6 is 11.6 Å². The summed E-state index contributed by atoms with van der Waals surface area (Å²) in [5.74, 6) is 0.120. The standard InChI is InChI=1S/C13H16ClN3O3/c1-2-6-16-11(9-15)5-7-20-13-8-10(14)3-4-12(13)17(18)19/h3-4,8,11,16H,2,5-7H2,1H3. The summed E-state index contributed by atoms with van der Waals surface area (Å²) in [5.41, 5.74) is -0.135. The van der Waals surface area contributed by atoms with Crippen LogP contribution in [0.4, 0.5) is 5.69 Å². The molecule has 1 N–H and O–H groups in total. The lowest BCUT2D eigenvalue weighted by molar-refractivity contribution is -0.385. The van der Waals surface area contributed by atoms with E-state index in [-0.39, 0.29) is 24.1 Å². The SMILES string of the molecule is CCCNC(C#N)CCOc1cc(Cl)ccc1[N+](=O)[O-]. The number of nitro groups is 1. The molecule has 0 fully saturated rings. The predicted octanol–water partition coefficient (Wildman–Crippen LogP) is 2.91. The summed E-state index contributed by atoms with van der Waals surface area (Å²) < 4.78 is 5.37. The van der Waals surface area contributed by atoms with Crippen LogP contribution in [0.5, 0.6) is 5.75 Å². The Morgan fingerprint density at radius 2 is 2.35 bits per heavy atom. The first-order chi connectivity index (χ1) is 9.58. The Bertz CT molecular complexity index is 502. The molecule has 1 unspecified atom stereocenters. The Morgan fingerprint density at radius 1 is 1.60 bits per heavy atom. The smallest absolute Gasteiger partial charge is 0.311 e. The van der Waals surface area contributed by atoms with Gasteiger partial charge in [-0.1, -0.05) is 18.5 Å². The highest BCUT2D eigenvalue weighted by molar-refractivity contribution is 6.30. The molecule has 0 spiro atoms. The molecular formula is C13H16ClN3O3. The van der Waals surface area contributed by atoms with Gasteiger partial charge in [0.05, 0.1) is 23.6 Å². The van der Waals surface area contributed by atoms with Crippen LogP contribution in [0.3, 0.4) is 0 Å². The van der Waals surface area contributed by atoms with Gasteiger partial charge in [-0.2, -0.15) is 5.26 Å². The average Bonchev–Trinajstić information content (AvgIpc) is 2.42. The minimum atomic E-state index is -0.525. The molecule has 0 aliphatic carbocycles. The van der Waals surface area contributed by atoms with Crippen molar-refractivity contribution in [2.45, 2.75) is 25.8 Å². The van der Waals surface area contributed by atoms with E-state index < -0.39 is 4.92 Å². The van der Waals surface area contributed by atoms with Gasteiger partial charge >= 0.3 is 5.69 Å². The minimum Gasteiger partial charge on any atom is -0.487 e. The van der Waals surface area contributed by atoms with Crippen LogP contribution < -0.4 is 10.1 Å². The van der Waals surface area contributed by atoms with Crippen LogP contribution in [0.2, 0.25) is 5.02 Å². The van der Waals surface area contributed by atoms with Gasteiger partial charge in [0.1, 0.15) is 0 Å². The zero-order valence-corrected chi connectivity index (χ0v) is 11.9. The quantitative estimate of drug-likeness (QED) is 0.588. The number of nitro benzene ring substituents is 1. The Kier molecular flexibility index (Phi) is 6.77. The van der Waals surface area contributed by atoms with Crippen LogP contribution in [-0.4, -0.2) is 24.1 Å². The van der Waals surface area contributed by atoms with E-state index >= 15 is 0 Å². The number of nitriles is 1. The summed E-state index contributed by atoms with van der Waals surface area (Å²) >= 11 is 5.79. The third kappa shape index (κ3) is 5.03. The summed E-state index contributed by atoms with van der Waals surface area (Å²) in [6.07, 6.45) is 1.37. The Morgan fingerprint density at radius 3 is 2.95 bits per heavy atom. The first kappa shape index (κ1) is 16.2. The topological polar surface area (TPSA) is 88.2 Å². The van der Waals surface area contributed by atoms with Crippen LogP contribution in [0.25, 0.3) is 0 Å². The maximum absolute atomic E-state index is 10.8. The van der Waals surface area contributed by atoms with E-state index in [9.17, 15) is 10.1 Å². The van der Waals surface area contributed by atoms with Crippen molar-refractivity contribution in [1.82, 2.24) is 5.32 Å². The average molecular weight is 298 g/mol. The maximum atomic E-state index is 10.8. The summed E-state index contributed by atoms with van der Waals surface area (Å²) in [5, 5.41) is 23.2. The number of nitrogens with zero attached hydrogens (tertiary/aromatic N) is 2. The molecule has 1 atom stereocenters. The van der Waals surface area contributed by atoms with Crippen molar-refractivity contribution in [3.8, 4) is 11.8 Å². The number of benzene rings is 1. The molecule has 7 heteroatoms. The van der Waals surface area contributed by atoms with Gasteiger partial charge in [-0.15, -0.1) is 0 Å². The van der Waals surface area contributed by atoms with Gasteiger partial charge in [0.15, 0.2) is 5.75 Å². The lowest BCUT2D eigenvalue weighted by Gasteiger charge is -2.11. The van der Waals surface area contributed by atoms with Crippen LogP contribution in [0.1, 0.15) is 19.8 Å². The molecule has 6 nitrogen and oxygen atoms in total. The number of nitrogens with one attached hydrogen (secondary N) is 1. The third-order valence-electron chi connectivity index (χ3n) is 2.58. The Hall–Kier alpha value is -1.84. The second kappa shape index (κ2) is 8.35. The van der Waals surface area contributed by atoms with E-state index in [4.69, 9.17) is 21.6 Å². The van der Waals surface area contributed by atoms with Crippen LogP contribution in [0, 0.1) is 21.4 Å². The molecule has 0 aromatic heterocycles. The first-order valence-corrected chi connectivity index (χ1v) is 6.66.